The Labute approximate surface area is 202 Å². The van der Waals surface area contributed by atoms with Crippen molar-refractivity contribution >= 4 is 12.0 Å². The zero-order valence-corrected chi connectivity index (χ0v) is 21.7. The molecular formula is C28H49NO4. The van der Waals surface area contributed by atoms with Gasteiger partial charge in [0.15, 0.2) is 0 Å². The second-order valence-corrected chi connectivity index (χ2v) is 10.0. The number of carboxylic acids is 1. The van der Waals surface area contributed by atoms with Crippen LogP contribution in [0.15, 0.2) is 30.0 Å². The monoisotopic (exact) mass is 463 g/mol. The van der Waals surface area contributed by atoms with Gasteiger partial charge >= 0.3 is 5.97 Å². The third-order valence-electron chi connectivity index (χ3n) is 5.58. The maximum Gasteiger partial charge on any atom is 0.320 e. The Hall–Kier alpha value is -2.01. The van der Waals surface area contributed by atoms with E-state index >= 15 is 0 Å². The molecule has 0 bridgehead atoms. The highest BCUT2D eigenvalue weighted by Crippen LogP contribution is 2.13. The maximum absolute atomic E-state index is 10.7. The molecule has 0 aliphatic rings. The van der Waals surface area contributed by atoms with Crippen LogP contribution in [0.3, 0.4) is 0 Å². The van der Waals surface area contributed by atoms with Crippen LogP contribution in [-0.4, -0.2) is 48.4 Å². The number of rotatable bonds is 17. The van der Waals surface area contributed by atoms with Gasteiger partial charge in [-0.25, -0.2) is 4.79 Å². The molecule has 5 nitrogen and oxygen atoms in total. The van der Waals surface area contributed by atoms with E-state index in [0.29, 0.717) is 5.56 Å². The van der Waals surface area contributed by atoms with E-state index in [1.54, 1.807) is 0 Å². The van der Waals surface area contributed by atoms with Crippen LogP contribution in [0.4, 0.5) is 0 Å². The molecule has 1 aromatic rings. The first-order valence-electron chi connectivity index (χ1n) is 12.9. The van der Waals surface area contributed by atoms with E-state index in [-0.39, 0.29) is 5.75 Å². The van der Waals surface area contributed by atoms with Crippen LogP contribution in [0.5, 0.6) is 5.75 Å². The third kappa shape index (κ3) is 21.6. The second-order valence-electron chi connectivity index (χ2n) is 10.0. The fraction of sp³-hybridized carbons (Fsp3) is 0.679. The minimum atomic E-state index is -1.49. The topological polar surface area (TPSA) is 80.6 Å². The summed E-state index contributed by atoms with van der Waals surface area (Å²) in [6.45, 7) is 3.63. The fourth-order valence-electron chi connectivity index (χ4n) is 3.56. The molecule has 0 aliphatic heterocycles. The lowest BCUT2D eigenvalue weighted by molar-refractivity contribution is -0.870. The molecular weight excluding hydrogens is 414 g/mol. The highest BCUT2D eigenvalue weighted by atomic mass is 16.4. The number of hydrogen-bond acceptors (Lipinski definition) is 3. The molecule has 0 saturated carbocycles. The standard InChI is InChI=1S/C19H42N.C9H8O4/c1-5-6-7-8-9-10-11-12-13-14-15-16-17-18-19-20(2,3)4;10-7-3-1-6(2-4-7)5-8(11)9(12)13/h5-19H2,1-4H3;1-5,10-11H,(H,12,13)/q+1;/p-1. The van der Waals surface area contributed by atoms with E-state index in [1.165, 1.54) is 121 Å². The number of carbonyl (C=O) groups is 1. The summed E-state index contributed by atoms with van der Waals surface area (Å²) in [6.07, 6.45) is 21.4. The molecule has 0 spiro atoms. The van der Waals surface area contributed by atoms with E-state index in [4.69, 9.17) is 10.2 Å². The van der Waals surface area contributed by atoms with Gasteiger partial charge in [-0.2, -0.15) is 0 Å². The molecule has 0 radical (unpaired) electrons. The molecule has 0 heterocycles. The summed E-state index contributed by atoms with van der Waals surface area (Å²) < 4.78 is 1.12. The van der Waals surface area contributed by atoms with Gasteiger partial charge in [-0.15, -0.1) is 0 Å². The Bertz CT molecular complexity index is 632. The van der Waals surface area contributed by atoms with Gasteiger partial charge in [-0.1, -0.05) is 102 Å². The number of nitrogens with zero attached hydrogens (tertiary/aromatic N) is 1. The molecule has 0 fully saturated rings. The lowest BCUT2D eigenvalue weighted by Gasteiger charge is -2.23. The minimum Gasteiger partial charge on any atom is -0.868 e. The van der Waals surface area contributed by atoms with Crippen LogP contribution < -0.4 is 5.11 Å². The Balaban J connectivity index is 0.000000676. The molecule has 0 aromatic heterocycles. The third-order valence-corrected chi connectivity index (χ3v) is 5.58. The van der Waals surface area contributed by atoms with Crippen LogP contribution in [-0.2, 0) is 4.79 Å². The molecule has 33 heavy (non-hydrogen) atoms. The van der Waals surface area contributed by atoms with Crippen LogP contribution in [0.25, 0.3) is 6.08 Å². The summed E-state index contributed by atoms with van der Waals surface area (Å²) in [5.41, 5.74) is 0.449. The zero-order valence-electron chi connectivity index (χ0n) is 21.7. The number of hydrogen-bond donors (Lipinski definition) is 2. The maximum atomic E-state index is 10.7. The Morgan fingerprint density at radius 1 is 0.788 bits per heavy atom. The second kappa shape index (κ2) is 19.5. The summed E-state index contributed by atoms with van der Waals surface area (Å²) in [6, 6.07) is 5.66. The Morgan fingerprint density at radius 3 is 1.55 bits per heavy atom. The number of carboxylic acid groups (broad SMARTS) is 1. The van der Waals surface area contributed by atoms with E-state index in [2.05, 4.69) is 28.1 Å². The van der Waals surface area contributed by atoms with Crippen molar-refractivity contribution in [3.63, 3.8) is 0 Å². The summed E-state index contributed by atoms with van der Waals surface area (Å²) in [4.78, 5) is 10.1. The molecule has 5 heteroatoms. The van der Waals surface area contributed by atoms with Crippen molar-refractivity contribution in [2.24, 2.45) is 0 Å². The molecule has 190 valence electrons. The van der Waals surface area contributed by atoms with Crippen molar-refractivity contribution in [3.05, 3.63) is 35.6 Å². The Morgan fingerprint density at radius 2 is 1.18 bits per heavy atom. The number of aromatic hydroxyl groups is 1. The van der Waals surface area contributed by atoms with Crippen LogP contribution >= 0.6 is 0 Å². The summed E-state index contributed by atoms with van der Waals surface area (Å²) in [7, 11) is 6.88. The molecule has 0 saturated heterocycles. The lowest BCUT2D eigenvalue weighted by Crippen LogP contribution is -2.35. The Kier molecular flexibility index (Phi) is 18.3. The first kappa shape index (κ1) is 31.0. The van der Waals surface area contributed by atoms with Gasteiger partial charge in [0.05, 0.1) is 27.7 Å². The van der Waals surface area contributed by atoms with E-state index in [9.17, 15) is 9.90 Å². The molecule has 0 aliphatic carbocycles. The summed E-state index contributed by atoms with van der Waals surface area (Å²) in [5.74, 6) is -2.40. The molecule has 0 amide bonds. The largest absolute Gasteiger partial charge is 0.868 e. The van der Waals surface area contributed by atoms with Crippen LogP contribution in [0.2, 0.25) is 0 Å². The van der Waals surface area contributed by atoms with Crippen LogP contribution in [0.1, 0.15) is 102 Å². The average Bonchev–Trinajstić information content (AvgIpc) is 2.75. The number of phenols is 1. The predicted octanol–water partition coefficient (Wildman–Crippen LogP) is 6.35. The summed E-state index contributed by atoms with van der Waals surface area (Å²) in [5, 5.41) is 27.8. The van der Waals surface area contributed by atoms with Crippen molar-refractivity contribution < 1.29 is 24.6 Å². The van der Waals surface area contributed by atoms with E-state index in [0.717, 1.165) is 10.6 Å². The normalized spacial score (nSPS) is 11.7. The zero-order chi connectivity index (χ0) is 25.0. The number of unbranched alkanes of at least 4 members (excludes halogenated alkanes) is 13. The van der Waals surface area contributed by atoms with Crippen molar-refractivity contribution in [3.8, 4) is 5.75 Å². The van der Waals surface area contributed by atoms with Crippen molar-refractivity contribution in [1.82, 2.24) is 0 Å². The molecule has 1 aromatic carbocycles. The SMILES string of the molecule is CCCCCCCCCCCCCCCC[N+](C)(C)C.O=C(O)C([O-])=Cc1ccc(O)cc1. The van der Waals surface area contributed by atoms with Gasteiger partial charge in [0.1, 0.15) is 5.75 Å². The predicted molar refractivity (Wildman–Crippen MR) is 137 cm³/mol. The fourth-order valence-corrected chi connectivity index (χ4v) is 3.56. The van der Waals surface area contributed by atoms with Crippen molar-refractivity contribution in [2.75, 3.05) is 27.7 Å². The number of aliphatic carboxylic acids is 1. The molecule has 1 rings (SSSR count). The first-order chi connectivity index (χ1) is 15.7. The van der Waals surface area contributed by atoms with E-state index < -0.39 is 11.7 Å². The van der Waals surface area contributed by atoms with Crippen LogP contribution in [0, 0.1) is 0 Å². The van der Waals surface area contributed by atoms with Crippen molar-refractivity contribution in [1.29, 1.82) is 0 Å². The average molecular weight is 464 g/mol. The summed E-state index contributed by atoms with van der Waals surface area (Å²) >= 11 is 0. The van der Waals surface area contributed by atoms with Gasteiger partial charge in [0, 0.05) is 0 Å². The molecule has 2 N–H and O–H groups in total. The van der Waals surface area contributed by atoms with Gasteiger partial charge in [0.2, 0.25) is 0 Å². The molecule has 0 unspecified atom stereocenters. The van der Waals surface area contributed by atoms with Gasteiger partial charge < -0.3 is 19.8 Å². The molecule has 0 atom stereocenters. The number of quaternary nitrogens is 1. The van der Waals surface area contributed by atoms with Gasteiger partial charge in [0.25, 0.3) is 0 Å². The first-order valence-corrected chi connectivity index (χ1v) is 12.9. The quantitative estimate of drug-likeness (QED) is 0.122. The number of benzene rings is 1. The smallest absolute Gasteiger partial charge is 0.320 e. The van der Waals surface area contributed by atoms with E-state index in [1.807, 2.05) is 0 Å². The highest BCUT2D eigenvalue weighted by Gasteiger charge is 2.04. The highest BCUT2D eigenvalue weighted by molar-refractivity contribution is 5.88. The van der Waals surface area contributed by atoms with Gasteiger partial charge in [-0.3, -0.25) is 0 Å². The van der Waals surface area contributed by atoms with Gasteiger partial charge in [-0.05, 0) is 36.3 Å². The minimum absolute atomic E-state index is 0.0694. The number of phenolic OH excluding ortho intramolecular Hbond substituents is 1. The lowest BCUT2D eigenvalue weighted by atomic mass is 10.0. The van der Waals surface area contributed by atoms with Crippen molar-refractivity contribution in [2.45, 2.75) is 96.8 Å².